The van der Waals surface area contributed by atoms with Crippen LogP contribution in [0.15, 0.2) is 84.9 Å². The molecule has 0 bridgehead atoms. The third kappa shape index (κ3) is 10.3. The number of alkyl carbamates (subject to hydrolysis) is 1. The lowest BCUT2D eigenvalue weighted by molar-refractivity contribution is -0.164. The molecule has 4 N–H and O–H groups in total. The monoisotopic (exact) mass is 630 g/mol. The molecular formula is C36H46N4O6. The number of nitrogens with zero attached hydrogens (tertiary/aromatic N) is 1. The van der Waals surface area contributed by atoms with E-state index in [9.17, 15) is 19.5 Å². The van der Waals surface area contributed by atoms with Crippen LogP contribution < -0.4 is 16.0 Å². The molecule has 1 heterocycles. The number of hydrogen-bond acceptors (Lipinski definition) is 7. The highest BCUT2D eigenvalue weighted by atomic mass is 16.6. The summed E-state index contributed by atoms with van der Waals surface area (Å²) in [6.07, 6.45) is 1.78. The lowest BCUT2D eigenvalue weighted by atomic mass is 9.86. The van der Waals surface area contributed by atoms with Gasteiger partial charge in [-0.25, -0.2) is 14.4 Å². The number of benzene rings is 3. The van der Waals surface area contributed by atoms with Crippen LogP contribution in [0.25, 0.3) is 0 Å². The molecule has 1 fully saturated rings. The molecule has 1 atom stereocenters. The number of ether oxygens (including phenoxy) is 2. The topological polar surface area (TPSA) is 129 Å². The Kier molecular flexibility index (Phi) is 12.2. The molecular weight excluding hydrogens is 584 g/mol. The molecule has 1 unspecified atom stereocenters. The van der Waals surface area contributed by atoms with Gasteiger partial charge in [0.05, 0.1) is 6.61 Å². The predicted molar refractivity (Wildman–Crippen MR) is 177 cm³/mol. The van der Waals surface area contributed by atoms with Gasteiger partial charge in [0.15, 0.2) is 0 Å². The zero-order valence-electron chi connectivity index (χ0n) is 27.0. The number of anilines is 1. The summed E-state index contributed by atoms with van der Waals surface area (Å²) in [4.78, 5) is 40.4. The maximum atomic E-state index is 13.7. The minimum atomic E-state index is -2.07. The molecule has 46 heavy (non-hydrogen) atoms. The Morgan fingerprint density at radius 2 is 1.48 bits per heavy atom. The minimum Gasteiger partial charge on any atom is -0.463 e. The van der Waals surface area contributed by atoms with E-state index < -0.39 is 29.3 Å². The largest absolute Gasteiger partial charge is 0.463 e. The van der Waals surface area contributed by atoms with Crippen molar-refractivity contribution in [1.82, 2.24) is 15.5 Å². The number of carbonyl (C=O) groups excluding carboxylic acids is 3. The van der Waals surface area contributed by atoms with Crippen LogP contribution in [0.2, 0.25) is 0 Å². The Balaban J connectivity index is 1.32. The molecule has 0 aromatic heterocycles. The standard InChI is InChI=1S/C36H46N4O6/c1-35(2,3)46-34(43)38-21-11-20-37-33(42)39-31-17-10-16-30(24-31)36(44,29-14-8-5-9-15-29)32(41)45-26-28-18-22-40(23-19-28)25-27-12-6-4-7-13-27/h4-10,12-17,24,28,44H,11,18-23,25-26H2,1-3H3,(H,38,43)(H2,37,39,42). The molecule has 1 aliphatic heterocycles. The van der Waals surface area contributed by atoms with Gasteiger partial charge in [-0.15, -0.1) is 0 Å². The average Bonchev–Trinajstić information content (AvgIpc) is 3.04. The SMILES string of the molecule is CC(C)(C)OC(=O)NCCCNC(=O)Nc1cccc(C(O)(C(=O)OCC2CCN(Cc3ccccc3)CC2)c2ccccc2)c1. The number of rotatable bonds is 12. The summed E-state index contributed by atoms with van der Waals surface area (Å²) in [6, 6.07) is 25.1. The van der Waals surface area contributed by atoms with Crippen molar-refractivity contribution < 1.29 is 29.0 Å². The van der Waals surface area contributed by atoms with Crippen LogP contribution in [-0.4, -0.2) is 66.5 Å². The first-order chi connectivity index (χ1) is 22.0. The first-order valence-electron chi connectivity index (χ1n) is 15.9. The van der Waals surface area contributed by atoms with Gasteiger partial charge in [0.25, 0.3) is 0 Å². The second kappa shape index (κ2) is 16.2. The van der Waals surface area contributed by atoms with Gasteiger partial charge >= 0.3 is 18.1 Å². The number of piperidine rings is 1. The smallest absolute Gasteiger partial charge is 0.407 e. The van der Waals surface area contributed by atoms with E-state index in [2.05, 4.69) is 33.0 Å². The fourth-order valence-electron chi connectivity index (χ4n) is 5.32. The maximum absolute atomic E-state index is 13.7. The summed E-state index contributed by atoms with van der Waals surface area (Å²) in [5, 5.41) is 20.1. The first kappa shape index (κ1) is 34.5. The maximum Gasteiger partial charge on any atom is 0.407 e. The van der Waals surface area contributed by atoms with Gasteiger partial charge in [0, 0.05) is 30.9 Å². The molecule has 0 saturated carbocycles. The Labute approximate surface area is 271 Å². The van der Waals surface area contributed by atoms with Gasteiger partial charge in [-0.1, -0.05) is 72.8 Å². The molecule has 3 amide bonds. The fourth-order valence-corrected chi connectivity index (χ4v) is 5.32. The minimum absolute atomic E-state index is 0.201. The molecule has 10 heteroatoms. The van der Waals surface area contributed by atoms with E-state index in [-0.39, 0.29) is 18.1 Å². The van der Waals surface area contributed by atoms with Crippen molar-refractivity contribution in [2.24, 2.45) is 5.92 Å². The number of urea groups is 1. The highest BCUT2D eigenvalue weighted by molar-refractivity contribution is 5.90. The lowest BCUT2D eigenvalue weighted by Gasteiger charge is -2.33. The third-order valence-electron chi connectivity index (χ3n) is 7.74. The van der Waals surface area contributed by atoms with Crippen LogP contribution >= 0.6 is 0 Å². The summed E-state index contributed by atoms with van der Waals surface area (Å²) in [5.74, 6) is -0.559. The lowest BCUT2D eigenvalue weighted by Crippen LogP contribution is -2.40. The number of esters is 1. The second-order valence-electron chi connectivity index (χ2n) is 12.6. The van der Waals surface area contributed by atoms with E-state index in [0.717, 1.165) is 32.5 Å². The van der Waals surface area contributed by atoms with E-state index >= 15 is 0 Å². The van der Waals surface area contributed by atoms with E-state index in [0.29, 0.717) is 30.8 Å². The van der Waals surface area contributed by atoms with Gasteiger partial charge in [-0.3, -0.25) is 4.90 Å². The van der Waals surface area contributed by atoms with Gasteiger partial charge < -0.3 is 30.5 Å². The molecule has 1 aliphatic rings. The normalized spacial score (nSPS) is 15.3. The summed E-state index contributed by atoms with van der Waals surface area (Å²) >= 11 is 0. The Morgan fingerprint density at radius 3 is 2.15 bits per heavy atom. The number of amides is 3. The van der Waals surface area contributed by atoms with Crippen molar-refractivity contribution in [3.63, 3.8) is 0 Å². The Bertz CT molecular complexity index is 1420. The van der Waals surface area contributed by atoms with Gasteiger partial charge in [-0.05, 0) is 82.3 Å². The van der Waals surface area contributed by atoms with Gasteiger partial charge in [-0.2, -0.15) is 0 Å². The molecule has 10 nitrogen and oxygen atoms in total. The zero-order chi connectivity index (χ0) is 33.0. The van der Waals surface area contributed by atoms with Crippen LogP contribution in [0, 0.1) is 5.92 Å². The Hall–Kier alpha value is -4.41. The van der Waals surface area contributed by atoms with Crippen molar-refractivity contribution in [1.29, 1.82) is 0 Å². The van der Waals surface area contributed by atoms with E-state index in [1.807, 2.05) is 24.3 Å². The van der Waals surface area contributed by atoms with E-state index in [1.54, 1.807) is 69.3 Å². The summed E-state index contributed by atoms with van der Waals surface area (Å²) in [7, 11) is 0. The highest BCUT2D eigenvalue weighted by Crippen LogP contribution is 2.33. The first-order valence-corrected chi connectivity index (χ1v) is 15.9. The summed E-state index contributed by atoms with van der Waals surface area (Å²) in [5.41, 5.74) is -0.327. The molecule has 4 rings (SSSR count). The number of hydrogen-bond donors (Lipinski definition) is 4. The number of carbonyl (C=O) groups is 3. The van der Waals surface area contributed by atoms with Crippen LogP contribution in [0.1, 0.15) is 56.7 Å². The van der Waals surface area contributed by atoms with E-state index in [1.165, 1.54) is 5.56 Å². The van der Waals surface area contributed by atoms with Crippen molar-refractivity contribution in [2.75, 3.05) is 38.1 Å². The molecule has 1 saturated heterocycles. The van der Waals surface area contributed by atoms with Crippen molar-refractivity contribution >= 4 is 23.8 Å². The molecule has 246 valence electrons. The zero-order valence-corrected chi connectivity index (χ0v) is 27.0. The molecule has 0 radical (unpaired) electrons. The predicted octanol–water partition coefficient (Wildman–Crippen LogP) is 5.41. The van der Waals surface area contributed by atoms with Crippen LogP contribution in [0.3, 0.4) is 0 Å². The second-order valence-corrected chi connectivity index (χ2v) is 12.6. The van der Waals surface area contributed by atoms with Crippen LogP contribution in [0.5, 0.6) is 0 Å². The van der Waals surface area contributed by atoms with Crippen LogP contribution in [0.4, 0.5) is 15.3 Å². The molecule has 0 aliphatic carbocycles. The van der Waals surface area contributed by atoms with Crippen molar-refractivity contribution in [2.45, 2.75) is 57.8 Å². The van der Waals surface area contributed by atoms with Gasteiger partial charge in [0.1, 0.15) is 5.60 Å². The highest BCUT2D eigenvalue weighted by Gasteiger charge is 2.42. The van der Waals surface area contributed by atoms with Crippen molar-refractivity contribution in [3.8, 4) is 0 Å². The van der Waals surface area contributed by atoms with Crippen LogP contribution in [-0.2, 0) is 26.4 Å². The molecule has 3 aromatic carbocycles. The molecule has 0 spiro atoms. The van der Waals surface area contributed by atoms with E-state index in [4.69, 9.17) is 9.47 Å². The quantitative estimate of drug-likeness (QED) is 0.156. The van der Waals surface area contributed by atoms with Gasteiger partial charge in [0.2, 0.25) is 5.60 Å². The fraction of sp³-hybridized carbons (Fsp3) is 0.417. The summed E-state index contributed by atoms with van der Waals surface area (Å²) in [6.45, 7) is 8.95. The number of aliphatic hydroxyl groups is 1. The average molecular weight is 631 g/mol. The summed E-state index contributed by atoms with van der Waals surface area (Å²) < 4.78 is 11.0. The number of likely N-dealkylation sites (tertiary alicyclic amines) is 1. The Morgan fingerprint density at radius 1 is 0.848 bits per heavy atom. The van der Waals surface area contributed by atoms with Crippen molar-refractivity contribution in [3.05, 3.63) is 102 Å². The number of nitrogens with one attached hydrogen (secondary N) is 3. The molecule has 3 aromatic rings. The third-order valence-corrected chi connectivity index (χ3v) is 7.74.